The number of hydrogen-bond donors (Lipinski definition) is 1. The summed E-state index contributed by atoms with van der Waals surface area (Å²) in [7, 11) is 0. The molecule has 84 valence electrons. The molecule has 0 saturated carbocycles. The van der Waals surface area contributed by atoms with E-state index in [-0.39, 0.29) is 0 Å². The van der Waals surface area contributed by atoms with Crippen LogP contribution in [0.15, 0.2) is 0 Å². The normalized spacial score (nSPS) is 10.8. The van der Waals surface area contributed by atoms with Gasteiger partial charge in [-0.15, -0.1) is 0 Å². The SMILES string of the molecule is CCNc1nc(C)nc(CC(C)C)c1I. The Balaban J connectivity index is 3.04. The highest BCUT2D eigenvalue weighted by Gasteiger charge is 2.10. The van der Waals surface area contributed by atoms with E-state index in [0.29, 0.717) is 5.92 Å². The summed E-state index contributed by atoms with van der Waals surface area (Å²) in [5.41, 5.74) is 1.16. The van der Waals surface area contributed by atoms with Gasteiger partial charge in [0.2, 0.25) is 0 Å². The first-order valence-corrected chi connectivity index (χ1v) is 6.39. The van der Waals surface area contributed by atoms with Crippen LogP contribution in [0.2, 0.25) is 0 Å². The summed E-state index contributed by atoms with van der Waals surface area (Å²) >= 11 is 2.33. The molecule has 1 aromatic rings. The summed E-state index contributed by atoms with van der Waals surface area (Å²) in [6, 6.07) is 0. The Labute approximate surface area is 105 Å². The molecule has 0 bridgehead atoms. The van der Waals surface area contributed by atoms with E-state index in [1.807, 2.05) is 6.92 Å². The van der Waals surface area contributed by atoms with Gasteiger partial charge in [0.1, 0.15) is 11.6 Å². The number of halogens is 1. The summed E-state index contributed by atoms with van der Waals surface area (Å²) in [6.45, 7) is 9.34. The molecule has 0 aromatic carbocycles. The molecule has 0 fully saturated rings. The molecular weight excluding hydrogens is 301 g/mol. The first-order valence-electron chi connectivity index (χ1n) is 5.31. The Kier molecular flexibility index (Phi) is 4.76. The third kappa shape index (κ3) is 3.59. The molecule has 0 radical (unpaired) electrons. The van der Waals surface area contributed by atoms with E-state index in [1.165, 1.54) is 0 Å². The van der Waals surface area contributed by atoms with Gasteiger partial charge in [0.05, 0.1) is 9.26 Å². The van der Waals surface area contributed by atoms with Crippen molar-refractivity contribution in [3.63, 3.8) is 0 Å². The van der Waals surface area contributed by atoms with Crippen LogP contribution in [0.4, 0.5) is 5.82 Å². The molecule has 1 heterocycles. The third-order valence-corrected chi connectivity index (χ3v) is 3.11. The molecule has 0 unspecified atom stereocenters. The number of nitrogens with zero attached hydrogens (tertiary/aromatic N) is 2. The van der Waals surface area contributed by atoms with Crippen LogP contribution in [-0.4, -0.2) is 16.5 Å². The molecule has 15 heavy (non-hydrogen) atoms. The maximum atomic E-state index is 4.50. The zero-order chi connectivity index (χ0) is 11.4. The summed E-state index contributed by atoms with van der Waals surface area (Å²) < 4.78 is 1.16. The molecule has 0 saturated heterocycles. The summed E-state index contributed by atoms with van der Waals surface area (Å²) in [4.78, 5) is 8.90. The van der Waals surface area contributed by atoms with Crippen molar-refractivity contribution in [2.24, 2.45) is 5.92 Å². The topological polar surface area (TPSA) is 37.8 Å². The number of hydrogen-bond acceptors (Lipinski definition) is 3. The zero-order valence-electron chi connectivity index (χ0n) is 9.76. The van der Waals surface area contributed by atoms with Crippen molar-refractivity contribution in [1.82, 2.24) is 9.97 Å². The van der Waals surface area contributed by atoms with Crippen molar-refractivity contribution >= 4 is 28.4 Å². The lowest BCUT2D eigenvalue weighted by atomic mass is 10.1. The lowest BCUT2D eigenvalue weighted by Gasteiger charge is -2.12. The van der Waals surface area contributed by atoms with Gasteiger partial charge in [-0.3, -0.25) is 0 Å². The largest absolute Gasteiger partial charge is 0.369 e. The van der Waals surface area contributed by atoms with Gasteiger partial charge in [-0.2, -0.15) is 0 Å². The van der Waals surface area contributed by atoms with Crippen molar-refractivity contribution in [1.29, 1.82) is 0 Å². The van der Waals surface area contributed by atoms with Gasteiger partial charge >= 0.3 is 0 Å². The minimum absolute atomic E-state index is 0.627. The maximum absolute atomic E-state index is 4.50. The van der Waals surface area contributed by atoms with Crippen LogP contribution in [0.5, 0.6) is 0 Å². The molecule has 3 nitrogen and oxygen atoms in total. The molecule has 0 atom stereocenters. The average molecular weight is 319 g/mol. The van der Waals surface area contributed by atoms with Crippen LogP contribution in [0, 0.1) is 16.4 Å². The lowest BCUT2D eigenvalue weighted by Crippen LogP contribution is -2.09. The molecule has 1 N–H and O–H groups in total. The second-order valence-electron chi connectivity index (χ2n) is 4.01. The highest BCUT2D eigenvalue weighted by atomic mass is 127. The second-order valence-corrected chi connectivity index (χ2v) is 5.09. The lowest BCUT2D eigenvalue weighted by molar-refractivity contribution is 0.629. The summed E-state index contributed by atoms with van der Waals surface area (Å²) in [5.74, 6) is 2.45. The van der Waals surface area contributed by atoms with Crippen LogP contribution < -0.4 is 5.32 Å². The van der Waals surface area contributed by atoms with Crippen LogP contribution >= 0.6 is 22.6 Å². The van der Waals surface area contributed by atoms with Gasteiger partial charge < -0.3 is 5.32 Å². The van der Waals surface area contributed by atoms with E-state index < -0.39 is 0 Å². The Bertz CT molecular complexity index is 337. The predicted octanol–water partition coefficient (Wildman–Crippen LogP) is 3.02. The minimum atomic E-state index is 0.627. The maximum Gasteiger partial charge on any atom is 0.143 e. The fraction of sp³-hybridized carbons (Fsp3) is 0.636. The third-order valence-electron chi connectivity index (χ3n) is 1.98. The van der Waals surface area contributed by atoms with Gasteiger partial charge in [0.25, 0.3) is 0 Å². The molecule has 0 amide bonds. The number of nitrogens with one attached hydrogen (secondary N) is 1. The fourth-order valence-corrected chi connectivity index (χ4v) is 2.08. The van der Waals surface area contributed by atoms with Crippen molar-refractivity contribution in [2.45, 2.75) is 34.1 Å². The molecule has 0 aliphatic carbocycles. The van der Waals surface area contributed by atoms with Crippen LogP contribution in [-0.2, 0) is 6.42 Å². The molecule has 0 aliphatic rings. The van der Waals surface area contributed by atoms with Crippen molar-refractivity contribution in [2.75, 3.05) is 11.9 Å². The van der Waals surface area contributed by atoms with E-state index in [2.05, 4.69) is 58.6 Å². The van der Waals surface area contributed by atoms with Crippen LogP contribution in [0.3, 0.4) is 0 Å². The zero-order valence-corrected chi connectivity index (χ0v) is 11.9. The van der Waals surface area contributed by atoms with E-state index in [0.717, 1.165) is 33.9 Å². The van der Waals surface area contributed by atoms with E-state index >= 15 is 0 Å². The second kappa shape index (κ2) is 5.63. The van der Waals surface area contributed by atoms with Gasteiger partial charge in [-0.1, -0.05) is 13.8 Å². The molecule has 1 aromatic heterocycles. The fourth-order valence-electron chi connectivity index (χ4n) is 1.42. The summed E-state index contributed by atoms with van der Waals surface area (Å²) in [5, 5.41) is 3.27. The first kappa shape index (κ1) is 12.7. The minimum Gasteiger partial charge on any atom is -0.369 e. The van der Waals surface area contributed by atoms with Crippen LogP contribution in [0.25, 0.3) is 0 Å². The first-order chi connectivity index (χ1) is 7.04. The Hall–Kier alpha value is -0.390. The Morgan fingerprint density at radius 2 is 2.00 bits per heavy atom. The number of rotatable bonds is 4. The predicted molar refractivity (Wildman–Crippen MR) is 72.2 cm³/mol. The standard InChI is InChI=1S/C11H18IN3/c1-5-13-11-10(12)9(6-7(2)3)14-8(4)15-11/h7H,5-6H2,1-4H3,(H,13,14,15). The highest BCUT2D eigenvalue weighted by molar-refractivity contribution is 14.1. The van der Waals surface area contributed by atoms with Crippen molar-refractivity contribution in [3.05, 3.63) is 15.1 Å². The van der Waals surface area contributed by atoms with Gasteiger partial charge in [0.15, 0.2) is 0 Å². The van der Waals surface area contributed by atoms with Crippen LogP contribution in [0.1, 0.15) is 32.3 Å². The van der Waals surface area contributed by atoms with Gasteiger partial charge in [-0.05, 0) is 48.8 Å². The number of anilines is 1. The molecule has 4 heteroatoms. The molecular formula is C11H18IN3. The molecule has 1 rings (SSSR count). The summed E-state index contributed by atoms with van der Waals surface area (Å²) in [6.07, 6.45) is 1.01. The van der Waals surface area contributed by atoms with Gasteiger partial charge in [-0.25, -0.2) is 9.97 Å². The van der Waals surface area contributed by atoms with E-state index in [1.54, 1.807) is 0 Å². The average Bonchev–Trinajstić information content (AvgIpc) is 2.12. The number of aryl methyl sites for hydroxylation is 1. The van der Waals surface area contributed by atoms with Gasteiger partial charge in [0, 0.05) is 6.54 Å². The van der Waals surface area contributed by atoms with E-state index in [9.17, 15) is 0 Å². The quantitative estimate of drug-likeness (QED) is 0.867. The molecule has 0 spiro atoms. The smallest absolute Gasteiger partial charge is 0.143 e. The van der Waals surface area contributed by atoms with E-state index in [4.69, 9.17) is 0 Å². The van der Waals surface area contributed by atoms with Crippen molar-refractivity contribution in [3.8, 4) is 0 Å². The Morgan fingerprint density at radius 1 is 1.33 bits per heavy atom. The Morgan fingerprint density at radius 3 is 2.53 bits per heavy atom. The van der Waals surface area contributed by atoms with Crippen molar-refractivity contribution < 1.29 is 0 Å². The monoisotopic (exact) mass is 319 g/mol. The molecule has 0 aliphatic heterocycles. The highest BCUT2D eigenvalue weighted by Crippen LogP contribution is 2.21. The number of aromatic nitrogens is 2.